The Morgan fingerprint density at radius 1 is 1.47 bits per heavy atom. The Labute approximate surface area is 95.2 Å². The fraction of sp³-hybridized carbons (Fsp3) is 0.500. The number of aryl methyl sites for hydroxylation is 2. The van der Waals surface area contributed by atoms with Crippen LogP contribution in [0.25, 0.3) is 0 Å². The number of halogens is 2. The quantitative estimate of drug-likeness (QED) is 0.706. The second-order valence-corrected chi connectivity index (χ2v) is 4.28. The van der Waals surface area contributed by atoms with E-state index in [0.29, 0.717) is 6.61 Å². The van der Waals surface area contributed by atoms with E-state index >= 15 is 0 Å². The summed E-state index contributed by atoms with van der Waals surface area (Å²) in [6.07, 6.45) is 1.60. The third kappa shape index (κ3) is 4.18. The predicted molar refractivity (Wildman–Crippen MR) is 61.0 cm³/mol. The molecule has 0 N–H and O–H groups in total. The number of hydrogen-bond acceptors (Lipinski definition) is 1. The van der Waals surface area contributed by atoms with Crippen LogP contribution in [-0.2, 0) is 11.2 Å². The van der Waals surface area contributed by atoms with Gasteiger partial charge in [-0.15, -0.1) is 11.6 Å². The van der Waals surface area contributed by atoms with Crippen LogP contribution in [0.4, 0.5) is 4.39 Å². The van der Waals surface area contributed by atoms with Gasteiger partial charge in [-0.05, 0) is 43.0 Å². The molecule has 1 atom stereocenters. The molecule has 0 spiro atoms. The van der Waals surface area contributed by atoms with Crippen LogP contribution >= 0.6 is 11.6 Å². The maximum Gasteiger partial charge on any atom is 0.123 e. The molecule has 1 aromatic carbocycles. The van der Waals surface area contributed by atoms with Gasteiger partial charge in [0.1, 0.15) is 5.82 Å². The second-order valence-electron chi connectivity index (χ2n) is 3.66. The minimum atomic E-state index is -0.187. The molecule has 0 aliphatic carbocycles. The lowest BCUT2D eigenvalue weighted by Crippen LogP contribution is -2.08. The van der Waals surface area contributed by atoms with Gasteiger partial charge in [0.25, 0.3) is 0 Å². The summed E-state index contributed by atoms with van der Waals surface area (Å²) in [4.78, 5) is 0. The minimum Gasteiger partial charge on any atom is -0.383 e. The van der Waals surface area contributed by atoms with Crippen molar-refractivity contribution < 1.29 is 9.13 Å². The molecule has 3 heteroatoms. The van der Waals surface area contributed by atoms with Gasteiger partial charge in [-0.25, -0.2) is 4.39 Å². The number of ether oxygens (including phenoxy) is 1. The van der Waals surface area contributed by atoms with E-state index in [9.17, 15) is 4.39 Å². The maximum atomic E-state index is 13.0. The van der Waals surface area contributed by atoms with Crippen LogP contribution in [0, 0.1) is 12.7 Å². The predicted octanol–water partition coefficient (Wildman–Crippen LogP) is 3.32. The van der Waals surface area contributed by atoms with Crippen LogP contribution in [0.1, 0.15) is 17.5 Å². The van der Waals surface area contributed by atoms with E-state index in [1.54, 1.807) is 19.2 Å². The molecular formula is C12H16ClFO. The molecule has 0 aliphatic heterocycles. The largest absolute Gasteiger partial charge is 0.383 e. The zero-order valence-corrected chi connectivity index (χ0v) is 9.85. The molecule has 0 saturated heterocycles. The number of hydrogen-bond donors (Lipinski definition) is 0. The van der Waals surface area contributed by atoms with E-state index in [-0.39, 0.29) is 11.2 Å². The summed E-state index contributed by atoms with van der Waals surface area (Å²) in [5, 5.41) is -0.00216. The Hall–Kier alpha value is -0.600. The molecule has 15 heavy (non-hydrogen) atoms. The van der Waals surface area contributed by atoms with Crippen LogP contribution in [-0.4, -0.2) is 19.1 Å². The molecule has 1 nitrogen and oxygen atoms in total. The summed E-state index contributed by atoms with van der Waals surface area (Å²) >= 11 is 6.00. The van der Waals surface area contributed by atoms with Crippen LogP contribution in [0.3, 0.4) is 0 Å². The second kappa shape index (κ2) is 6.09. The number of benzene rings is 1. The topological polar surface area (TPSA) is 9.23 Å². The highest BCUT2D eigenvalue weighted by Crippen LogP contribution is 2.15. The average Bonchev–Trinajstić information content (AvgIpc) is 2.20. The van der Waals surface area contributed by atoms with Crippen molar-refractivity contribution in [2.45, 2.75) is 25.1 Å². The van der Waals surface area contributed by atoms with E-state index in [1.807, 2.05) is 6.92 Å². The molecule has 0 amide bonds. The van der Waals surface area contributed by atoms with Crippen molar-refractivity contribution in [3.63, 3.8) is 0 Å². The van der Waals surface area contributed by atoms with Crippen molar-refractivity contribution in [1.82, 2.24) is 0 Å². The van der Waals surface area contributed by atoms with Gasteiger partial charge < -0.3 is 4.74 Å². The van der Waals surface area contributed by atoms with E-state index < -0.39 is 0 Å². The smallest absolute Gasteiger partial charge is 0.123 e. The van der Waals surface area contributed by atoms with Crippen molar-refractivity contribution in [1.29, 1.82) is 0 Å². The van der Waals surface area contributed by atoms with Gasteiger partial charge in [0.15, 0.2) is 0 Å². The van der Waals surface area contributed by atoms with Gasteiger partial charge in [-0.3, -0.25) is 0 Å². The van der Waals surface area contributed by atoms with Crippen molar-refractivity contribution >= 4 is 11.6 Å². The number of alkyl halides is 1. The van der Waals surface area contributed by atoms with Gasteiger partial charge in [0.05, 0.1) is 12.0 Å². The van der Waals surface area contributed by atoms with Gasteiger partial charge in [-0.1, -0.05) is 6.07 Å². The molecule has 0 saturated carbocycles. The molecule has 1 unspecified atom stereocenters. The molecule has 0 radical (unpaired) electrons. The summed E-state index contributed by atoms with van der Waals surface area (Å²) in [7, 11) is 1.63. The zero-order chi connectivity index (χ0) is 11.3. The lowest BCUT2D eigenvalue weighted by atomic mass is 10.0. The first-order chi connectivity index (χ1) is 7.13. The van der Waals surface area contributed by atoms with E-state index in [4.69, 9.17) is 16.3 Å². The standard InChI is InChI=1S/C12H16ClFO/c1-9-3-6-12(14)7-10(9)4-5-11(13)8-15-2/h3,6-7,11H,4-5,8H2,1-2H3. The van der Waals surface area contributed by atoms with Crippen LogP contribution in [0.15, 0.2) is 18.2 Å². The number of methoxy groups -OCH3 is 1. The lowest BCUT2D eigenvalue weighted by molar-refractivity contribution is 0.195. The SMILES string of the molecule is COCC(Cl)CCc1cc(F)ccc1C. The first kappa shape index (κ1) is 12.5. The number of rotatable bonds is 5. The van der Waals surface area contributed by atoms with Crippen LogP contribution in [0.5, 0.6) is 0 Å². The summed E-state index contributed by atoms with van der Waals surface area (Å²) in [5.74, 6) is -0.187. The third-order valence-corrected chi connectivity index (χ3v) is 2.73. The summed E-state index contributed by atoms with van der Waals surface area (Å²) in [6, 6.07) is 4.85. The Balaban J connectivity index is 2.53. The van der Waals surface area contributed by atoms with Crippen molar-refractivity contribution in [3.05, 3.63) is 35.1 Å². The molecule has 84 valence electrons. The lowest BCUT2D eigenvalue weighted by Gasteiger charge is -2.09. The minimum absolute atomic E-state index is 0.00216. The Morgan fingerprint density at radius 3 is 2.87 bits per heavy atom. The van der Waals surface area contributed by atoms with Gasteiger partial charge in [0.2, 0.25) is 0 Å². The highest BCUT2D eigenvalue weighted by atomic mass is 35.5. The molecule has 1 aromatic rings. The van der Waals surface area contributed by atoms with Crippen molar-refractivity contribution in [3.8, 4) is 0 Å². The Kier molecular flexibility index (Phi) is 5.06. The van der Waals surface area contributed by atoms with Gasteiger partial charge in [0, 0.05) is 7.11 Å². The molecule has 0 aliphatic rings. The monoisotopic (exact) mass is 230 g/mol. The highest BCUT2D eigenvalue weighted by Gasteiger charge is 2.06. The van der Waals surface area contributed by atoms with Crippen molar-refractivity contribution in [2.75, 3.05) is 13.7 Å². The van der Waals surface area contributed by atoms with Crippen LogP contribution in [0.2, 0.25) is 0 Å². The summed E-state index contributed by atoms with van der Waals surface area (Å²) < 4.78 is 17.9. The molecule has 0 heterocycles. The molecule has 1 rings (SSSR count). The first-order valence-corrected chi connectivity index (χ1v) is 5.45. The highest BCUT2D eigenvalue weighted by molar-refractivity contribution is 6.20. The van der Waals surface area contributed by atoms with Crippen molar-refractivity contribution in [2.24, 2.45) is 0 Å². The van der Waals surface area contributed by atoms with Crippen LogP contribution < -0.4 is 0 Å². The molecule has 0 fully saturated rings. The average molecular weight is 231 g/mol. The van der Waals surface area contributed by atoms with E-state index in [2.05, 4.69) is 0 Å². The Bertz CT molecular complexity index is 314. The maximum absolute atomic E-state index is 13.0. The third-order valence-electron chi connectivity index (χ3n) is 2.39. The summed E-state index contributed by atoms with van der Waals surface area (Å²) in [5.41, 5.74) is 2.13. The van der Waals surface area contributed by atoms with E-state index in [1.165, 1.54) is 6.07 Å². The fourth-order valence-electron chi connectivity index (χ4n) is 1.49. The molecule has 0 bridgehead atoms. The fourth-order valence-corrected chi connectivity index (χ4v) is 1.72. The van der Waals surface area contributed by atoms with E-state index in [0.717, 1.165) is 24.0 Å². The summed E-state index contributed by atoms with van der Waals surface area (Å²) in [6.45, 7) is 2.52. The van der Waals surface area contributed by atoms with Gasteiger partial charge in [-0.2, -0.15) is 0 Å². The zero-order valence-electron chi connectivity index (χ0n) is 9.09. The van der Waals surface area contributed by atoms with Gasteiger partial charge >= 0.3 is 0 Å². The first-order valence-electron chi connectivity index (χ1n) is 5.01. The normalized spacial score (nSPS) is 12.8. The molecular weight excluding hydrogens is 215 g/mol. The molecule has 0 aromatic heterocycles. The Morgan fingerprint density at radius 2 is 2.20 bits per heavy atom.